The van der Waals surface area contributed by atoms with Crippen molar-refractivity contribution in [3.05, 3.63) is 11.6 Å². The predicted octanol–water partition coefficient (Wildman–Crippen LogP) is 2.89. The number of hydrogen-bond donors (Lipinski definition) is 0. The average molecular weight is 196 g/mol. The van der Waals surface area contributed by atoms with Gasteiger partial charge in [0.25, 0.3) is 0 Å². The summed E-state index contributed by atoms with van der Waals surface area (Å²) < 4.78 is 10.5. The van der Waals surface area contributed by atoms with E-state index in [0.717, 1.165) is 5.92 Å². The maximum absolute atomic E-state index is 5.58. The first kappa shape index (κ1) is 10.2. The van der Waals surface area contributed by atoms with Gasteiger partial charge >= 0.3 is 0 Å². The predicted molar refractivity (Wildman–Crippen MR) is 56.0 cm³/mol. The average Bonchev–Trinajstić information content (AvgIpc) is 2.26. The van der Waals surface area contributed by atoms with Crippen molar-refractivity contribution in [3.63, 3.8) is 0 Å². The first-order chi connectivity index (χ1) is 6.90. The van der Waals surface area contributed by atoms with E-state index in [1.165, 1.54) is 38.5 Å². The summed E-state index contributed by atoms with van der Waals surface area (Å²) in [6.07, 6.45) is 10.7. The highest BCUT2D eigenvalue weighted by Gasteiger charge is 2.25. The van der Waals surface area contributed by atoms with E-state index in [2.05, 4.69) is 6.08 Å². The van der Waals surface area contributed by atoms with Crippen LogP contribution < -0.4 is 0 Å². The first-order valence-electron chi connectivity index (χ1n) is 5.71. The molecule has 14 heavy (non-hydrogen) atoms. The van der Waals surface area contributed by atoms with Crippen LogP contribution in [0.1, 0.15) is 38.5 Å². The van der Waals surface area contributed by atoms with Crippen LogP contribution in [0.5, 0.6) is 0 Å². The number of allylic oxidation sites excluding steroid dienone is 1. The molecule has 2 aliphatic carbocycles. The third kappa shape index (κ3) is 2.37. The quantitative estimate of drug-likeness (QED) is 0.510. The number of hydrogen-bond acceptors (Lipinski definition) is 2. The lowest BCUT2D eigenvalue weighted by Gasteiger charge is -2.32. The molecule has 2 atom stereocenters. The summed E-state index contributed by atoms with van der Waals surface area (Å²) in [5.74, 6) is 0.881. The van der Waals surface area contributed by atoms with Gasteiger partial charge in [0.15, 0.2) is 0 Å². The smallest absolute Gasteiger partial charge is 0.147 e. The fraction of sp³-hybridized carbons (Fsp3) is 0.833. The molecule has 2 rings (SSSR count). The van der Waals surface area contributed by atoms with Gasteiger partial charge < -0.3 is 9.47 Å². The Bertz CT molecular complexity index is 210. The molecule has 0 radical (unpaired) electrons. The molecule has 80 valence electrons. The number of ether oxygens (including phenoxy) is 2. The van der Waals surface area contributed by atoms with Gasteiger partial charge in [-0.25, -0.2) is 0 Å². The van der Waals surface area contributed by atoms with Crippen molar-refractivity contribution in [2.75, 3.05) is 13.9 Å². The van der Waals surface area contributed by atoms with Crippen molar-refractivity contribution in [2.24, 2.45) is 5.92 Å². The van der Waals surface area contributed by atoms with E-state index in [1.807, 2.05) is 0 Å². The van der Waals surface area contributed by atoms with Gasteiger partial charge in [0.05, 0.1) is 6.10 Å². The van der Waals surface area contributed by atoms with E-state index >= 15 is 0 Å². The van der Waals surface area contributed by atoms with E-state index in [0.29, 0.717) is 12.9 Å². The minimum atomic E-state index is 0.319. The van der Waals surface area contributed by atoms with Crippen molar-refractivity contribution in [1.29, 1.82) is 0 Å². The van der Waals surface area contributed by atoms with Gasteiger partial charge in [-0.15, -0.1) is 0 Å². The molecule has 2 heteroatoms. The Morgan fingerprint density at radius 2 is 2.21 bits per heavy atom. The number of methoxy groups -OCH3 is 1. The van der Waals surface area contributed by atoms with E-state index in [-0.39, 0.29) is 0 Å². The van der Waals surface area contributed by atoms with Crippen LogP contribution in [-0.4, -0.2) is 20.0 Å². The van der Waals surface area contributed by atoms with Crippen LogP contribution >= 0.6 is 0 Å². The second kappa shape index (κ2) is 4.94. The lowest BCUT2D eigenvalue weighted by molar-refractivity contribution is -0.0612. The highest BCUT2D eigenvalue weighted by Crippen LogP contribution is 2.37. The van der Waals surface area contributed by atoms with Gasteiger partial charge in [-0.05, 0) is 38.0 Å². The summed E-state index contributed by atoms with van der Waals surface area (Å²) in [6, 6.07) is 0. The minimum absolute atomic E-state index is 0.319. The lowest BCUT2D eigenvalue weighted by Crippen LogP contribution is -2.23. The number of rotatable bonds is 3. The molecule has 0 aromatic heterocycles. The Morgan fingerprint density at radius 1 is 1.29 bits per heavy atom. The zero-order valence-corrected chi connectivity index (χ0v) is 9.00. The van der Waals surface area contributed by atoms with Crippen LogP contribution in [0.3, 0.4) is 0 Å². The van der Waals surface area contributed by atoms with Crippen molar-refractivity contribution >= 4 is 0 Å². The van der Waals surface area contributed by atoms with Gasteiger partial charge in [-0.2, -0.15) is 0 Å². The summed E-state index contributed by atoms with van der Waals surface area (Å²) in [5.41, 5.74) is 1.66. The fourth-order valence-electron chi connectivity index (χ4n) is 2.63. The Balaban J connectivity index is 1.91. The minimum Gasteiger partial charge on any atom is -0.359 e. The molecule has 0 bridgehead atoms. The molecule has 2 unspecified atom stereocenters. The summed E-state index contributed by atoms with van der Waals surface area (Å²) in [7, 11) is 1.68. The third-order valence-corrected chi connectivity index (χ3v) is 3.39. The van der Waals surface area contributed by atoms with E-state index in [1.54, 1.807) is 12.7 Å². The normalized spacial score (nSPS) is 32.2. The van der Waals surface area contributed by atoms with Crippen LogP contribution in [0.15, 0.2) is 11.6 Å². The van der Waals surface area contributed by atoms with Gasteiger partial charge in [-0.1, -0.05) is 18.1 Å². The number of fused-ring (bicyclic) bond motifs is 1. The molecule has 0 N–H and O–H groups in total. The molecule has 0 aromatic rings. The lowest BCUT2D eigenvalue weighted by atomic mass is 9.77. The standard InChI is InChI=1S/C12H20O2/c1-13-9-14-12-7-6-10-4-2-3-5-11(10)8-12/h8,10,12H,2-7,9H2,1H3. The molecular weight excluding hydrogens is 176 g/mol. The molecule has 0 saturated heterocycles. The second-order valence-electron chi connectivity index (χ2n) is 4.37. The Morgan fingerprint density at radius 3 is 3.07 bits per heavy atom. The van der Waals surface area contributed by atoms with E-state index in [9.17, 15) is 0 Å². The highest BCUT2D eigenvalue weighted by molar-refractivity contribution is 5.15. The Hall–Kier alpha value is -0.340. The SMILES string of the molecule is COCOC1C=C2CCCCC2CC1. The van der Waals surface area contributed by atoms with Crippen molar-refractivity contribution in [2.45, 2.75) is 44.6 Å². The molecular formula is C12H20O2. The highest BCUT2D eigenvalue weighted by atomic mass is 16.7. The molecule has 0 spiro atoms. The Kier molecular flexibility index (Phi) is 3.60. The van der Waals surface area contributed by atoms with Crippen LogP contribution in [0.2, 0.25) is 0 Å². The van der Waals surface area contributed by atoms with Gasteiger partial charge in [0.2, 0.25) is 0 Å². The summed E-state index contributed by atoms with van der Waals surface area (Å²) in [6.45, 7) is 0.430. The van der Waals surface area contributed by atoms with Crippen molar-refractivity contribution < 1.29 is 9.47 Å². The van der Waals surface area contributed by atoms with Crippen LogP contribution in [0.25, 0.3) is 0 Å². The fourth-order valence-corrected chi connectivity index (χ4v) is 2.63. The molecule has 2 aliphatic rings. The maximum Gasteiger partial charge on any atom is 0.147 e. The second-order valence-corrected chi connectivity index (χ2v) is 4.37. The zero-order valence-electron chi connectivity index (χ0n) is 9.00. The summed E-state index contributed by atoms with van der Waals surface area (Å²) >= 11 is 0. The van der Waals surface area contributed by atoms with Gasteiger partial charge in [-0.3, -0.25) is 0 Å². The van der Waals surface area contributed by atoms with E-state index in [4.69, 9.17) is 9.47 Å². The van der Waals surface area contributed by atoms with Gasteiger partial charge in [0.1, 0.15) is 6.79 Å². The summed E-state index contributed by atoms with van der Waals surface area (Å²) in [5, 5.41) is 0. The molecule has 0 aromatic carbocycles. The monoisotopic (exact) mass is 196 g/mol. The Labute approximate surface area is 86.3 Å². The van der Waals surface area contributed by atoms with Crippen molar-refractivity contribution in [1.82, 2.24) is 0 Å². The zero-order chi connectivity index (χ0) is 9.80. The molecule has 2 nitrogen and oxygen atoms in total. The maximum atomic E-state index is 5.58. The topological polar surface area (TPSA) is 18.5 Å². The molecule has 1 saturated carbocycles. The molecule has 1 fully saturated rings. The molecule has 0 heterocycles. The third-order valence-electron chi connectivity index (χ3n) is 3.39. The van der Waals surface area contributed by atoms with Crippen LogP contribution in [0.4, 0.5) is 0 Å². The first-order valence-corrected chi connectivity index (χ1v) is 5.71. The summed E-state index contributed by atoms with van der Waals surface area (Å²) in [4.78, 5) is 0. The van der Waals surface area contributed by atoms with Gasteiger partial charge in [0, 0.05) is 7.11 Å². The van der Waals surface area contributed by atoms with E-state index < -0.39 is 0 Å². The molecule has 0 amide bonds. The van der Waals surface area contributed by atoms with Crippen molar-refractivity contribution in [3.8, 4) is 0 Å². The van der Waals surface area contributed by atoms with Crippen LogP contribution in [-0.2, 0) is 9.47 Å². The van der Waals surface area contributed by atoms with Crippen LogP contribution in [0, 0.1) is 5.92 Å². The molecule has 0 aliphatic heterocycles. The largest absolute Gasteiger partial charge is 0.359 e.